The molecule has 1 unspecified atom stereocenters. The third kappa shape index (κ3) is 2.31. The molecule has 110 valence electrons. The van der Waals surface area contributed by atoms with E-state index in [2.05, 4.69) is 47.1 Å². The van der Waals surface area contributed by atoms with E-state index in [1.165, 1.54) is 16.3 Å². The minimum atomic E-state index is 0.158. The Kier molecular flexibility index (Phi) is 3.69. The van der Waals surface area contributed by atoms with Crippen molar-refractivity contribution in [3.63, 3.8) is 0 Å². The number of ether oxygens (including phenoxy) is 1. The highest BCUT2D eigenvalue weighted by molar-refractivity contribution is 5.90. The predicted molar refractivity (Wildman–Crippen MR) is 86.7 cm³/mol. The van der Waals surface area contributed by atoms with Crippen molar-refractivity contribution in [2.24, 2.45) is 10.7 Å². The maximum absolute atomic E-state index is 6.06. The molecule has 2 N–H and O–H groups in total. The van der Waals surface area contributed by atoms with Gasteiger partial charge < -0.3 is 15.4 Å². The van der Waals surface area contributed by atoms with Gasteiger partial charge in [0.25, 0.3) is 0 Å². The third-order valence-electron chi connectivity index (χ3n) is 4.05. The maximum Gasteiger partial charge on any atom is 0.191 e. The summed E-state index contributed by atoms with van der Waals surface area (Å²) in [6, 6.07) is 12.7. The number of aliphatic imine (C=N–C) groups is 1. The molecule has 0 fully saturated rings. The van der Waals surface area contributed by atoms with Gasteiger partial charge in [0, 0.05) is 12.1 Å². The van der Waals surface area contributed by atoms with Crippen LogP contribution in [0.4, 0.5) is 0 Å². The maximum atomic E-state index is 6.06. The molecule has 2 aromatic carbocycles. The van der Waals surface area contributed by atoms with E-state index in [1.54, 1.807) is 7.11 Å². The summed E-state index contributed by atoms with van der Waals surface area (Å²) in [6.45, 7) is 3.76. The number of nitrogens with two attached hydrogens (primary N) is 1. The van der Waals surface area contributed by atoms with Gasteiger partial charge in [0.2, 0.25) is 0 Å². The molecule has 1 aliphatic rings. The Labute approximate surface area is 125 Å². The Hall–Kier alpha value is -2.23. The zero-order valence-corrected chi connectivity index (χ0v) is 12.5. The highest BCUT2D eigenvalue weighted by Gasteiger charge is 2.30. The number of hydrogen-bond acceptors (Lipinski definition) is 4. The van der Waals surface area contributed by atoms with Crippen LogP contribution in [0.3, 0.4) is 0 Å². The van der Waals surface area contributed by atoms with Crippen LogP contribution in [-0.2, 0) is 0 Å². The summed E-state index contributed by atoms with van der Waals surface area (Å²) >= 11 is 0. The molecule has 1 aliphatic heterocycles. The van der Waals surface area contributed by atoms with Gasteiger partial charge >= 0.3 is 0 Å². The Morgan fingerprint density at radius 2 is 2.10 bits per heavy atom. The summed E-state index contributed by atoms with van der Waals surface area (Å²) in [7, 11) is 1.72. The molecule has 0 aliphatic carbocycles. The van der Waals surface area contributed by atoms with Crippen LogP contribution >= 0.6 is 0 Å². The molecule has 0 saturated heterocycles. The molecule has 0 aromatic heterocycles. The van der Waals surface area contributed by atoms with E-state index in [1.807, 2.05) is 6.07 Å². The number of rotatable bonds is 4. The summed E-state index contributed by atoms with van der Waals surface area (Å²) in [6.07, 6.45) is 1.04. The molecule has 21 heavy (non-hydrogen) atoms. The molecule has 4 heteroatoms. The van der Waals surface area contributed by atoms with E-state index in [4.69, 9.17) is 10.5 Å². The molecular weight excluding hydrogens is 262 g/mol. The first-order chi connectivity index (χ1) is 10.3. The second-order valence-corrected chi connectivity index (χ2v) is 5.31. The Bertz CT molecular complexity index is 681. The van der Waals surface area contributed by atoms with Gasteiger partial charge in [0.1, 0.15) is 5.75 Å². The number of methoxy groups -OCH3 is 1. The first-order valence-corrected chi connectivity index (χ1v) is 7.38. The lowest BCUT2D eigenvalue weighted by atomic mass is 9.97. The predicted octanol–water partition coefficient (Wildman–Crippen LogP) is 2.93. The smallest absolute Gasteiger partial charge is 0.191 e. The Morgan fingerprint density at radius 3 is 2.86 bits per heavy atom. The van der Waals surface area contributed by atoms with Crippen molar-refractivity contribution in [3.05, 3.63) is 42.0 Å². The fourth-order valence-electron chi connectivity index (χ4n) is 3.08. The van der Waals surface area contributed by atoms with Gasteiger partial charge in [-0.2, -0.15) is 0 Å². The average molecular weight is 283 g/mol. The van der Waals surface area contributed by atoms with E-state index in [0.717, 1.165) is 18.7 Å². The topological polar surface area (TPSA) is 50.8 Å². The van der Waals surface area contributed by atoms with Crippen molar-refractivity contribution in [3.8, 4) is 5.75 Å². The molecule has 1 atom stereocenters. The first kappa shape index (κ1) is 13.7. The molecule has 2 aromatic rings. The van der Waals surface area contributed by atoms with Crippen LogP contribution in [0.25, 0.3) is 10.8 Å². The van der Waals surface area contributed by atoms with Gasteiger partial charge in [-0.05, 0) is 23.3 Å². The monoisotopic (exact) mass is 283 g/mol. The zero-order chi connectivity index (χ0) is 14.8. The molecule has 1 heterocycles. The Morgan fingerprint density at radius 1 is 1.29 bits per heavy atom. The largest absolute Gasteiger partial charge is 0.496 e. The van der Waals surface area contributed by atoms with Crippen LogP contribution in [0, 0.1) is 0 Å². The van der Waals surface area contributed by atoms with Crippen molar-refractivity contribution >= 4 is 16.7 Å². The summed E-state index contributed by atoms with van der Waals surface area (Å²) in [5.41, 5.74) is 7.25. The highest BCUT2D eigenvalue weighted by Crippen LogP contribution is 2.37. The first-order valence-electron chi connectivity index (χ1n) is 7.38. The average Bonchev–Trinajstić information content (AvgIpc) is 2.87. The van der Waals surface area contributed by atoms with Gasteiger partial charge in [-0.3, -0.25) is 4.99 Å². The van der Waals surface area contributed by atoms with E-state index in [9.17, 15) is 0 Å². The van der Waals surface area contributed by atoms with Crippen LogP contribution < -0.4 is 10.5 Å². The van der Waals surface area contributed by atoms with Gasteiger partial charge in [-0.15, -0.1) is 0 Å². The minimum Gasteiger partial charge on any atom is -0.496 e. The zero-order valence-electron chi connectivity index (χ0n) is 12.5. The molecule has 0 bridgehead atoms. The molecular formula is C17H21N3O. The van der Waals surface area contributed by atoms with Gasteiger partial charge in [0.15, 0.2) is 5.96 Å². The van der Waals surface area contributed by atoms with E-state index >= 15 is 0 Å². The molecule has 3 rings (SSSR count). The molecule has 0 radical (unpaired) electrons. The van der Waals surface area contributed by atoms with E-state index < -0.39 is 0 Å². The summed E-state index contributed by atoms with van der Waals surface area (Å²) in [5, 5.41) is 2.43. The second-order valence-electron chi connectivity index (χ2n) is 5.31. The van der Waals surface area contributed by atoms with Gasteiger partial charge in [-0.1, -0.05) is 37.3 Å². The van der Waals surface area contributed by atoms with Crippen molar-refractivity contribution < 1.29 is 4.74 Å². The summed E-state index contributed by atoms with van der Waals surface area (Å²) < 4.78 is 5.61. The third-order valence-corrected chi connectivity index (χ3v) is 4.05. The van der Waals surface area contributed by atoms with Crippen LogP contribution in [0.15, 0.2) is 41.4 Å². The number of guanidine groups is 1. The van der Waals surface area contributed by atoms with Gasteiger partial charge in [-0.25, -0.2) is 0 Å². The molecule has 0 saturated carbocycles. The lowest BCUT2D eigenvalue weighted by Crippen LogP contribution is -2.36. The summed E-state index contributed by atoms with van der Waals surface area (Å²) in [5.74, 6) is 1.54. The van der Waals surface area contributed by atoms with E-state index in [-0.39, 0.29) is 6.04 Å². The van der Waals surface area contributed by atoms with Gasteiger partial charge in [0.05, 0.1) is 19.7 Å². The molecule has 0 amide bonds. The minimum absolute atomic E-state index is 0.158. The lowest BCUT2D eigenvalue weighted by molar-refractivity contribution is 0.333. The number of fused-ring (bicyclic) bond motifs is 1. The van der Waals surface area contributed by atoms with Crippen LogP contribution in [0.2, 0.25) is 0 Å². The molecule has 0 spiro atoms. The van der Waals surface area contributed by atoms with Crippen LogP contribution in [-0.4, -0.2) is 31.1 Å². The SMILES string of the molecule is CCCN1C(N)=NCC1c1c(OC)ccc2ccccc12. The van der Waals surface area contributed by atoms with Crippen LogP contribution in [0.1, 0.15) is 24.9 Å². The fourth-order valence-corrected chi connectivity index (χ4v) is 3.08. The van der Waals surface area contributed by atoms with Crippen molar-refractivity contribution in [1.82, 2.24) is 4.90 Å². The Balaban J connectivity index is 2.14. The second kappa shape index (κ2) is 5.64. The number of hydrogen-bond donors (Lipinski definition) is 1. The summed E-state index contributed by atoms with van der Waals surface area (Å²) in [4.78, 5) is 6.63. The van der Waals surface area contributed by atoms with Crippen molar-refractivity contribution in [1.29, 1.82) is 0 Å². The van der Waals surface area contributed by atoms with Crippen molar-refractivity contribution in [2.75, 3.05) is 20.2 Å². The van der Waals surface area contributed by atoms with Crippen LogP contribution in [0.5, 0.6) is 5.75 Å². The molecule has 4 nitrogen and oxygen atoms in total. The quantitative estimate of drug-likeness (QED) is 0.938. The van der Waals surface area contributed by atoms with E-state index in [0.29, 0.717) is 12.5 Å². The normalized spacial score (nSPS) is 18.1. The number of benzene rings is 2. The van der Waals surface area contributed by atoms with Crippen molar-refractivity contribution in [2.45, 2.75) is 19.4 Å². The number of nitrogens with zero attached hydrogens (tertiary/aromatic N) is 2. The lowest BCUT2D eigenvalue weighted by Gasteiger charge is -2.28. The standard InChI is InChI=1S/C17H21N3O/c1-3-10-20-14(11-19-17(20)18)16-13-7-5-4-6-12(13)8-9-15(16)21-2/h4-9,14H,3,10-11H2,1-2H3,(H2,18,19). The highest BCUT2D eigenvalue weighted by atomic mass is 16.5. The fraction of sp³-hybridized carbons (Fsp3) is 0.353.